The number of nitrogens with one attached hydrogen (secondary N) is 1. The zero-order valence-corrected chi connectivity index (χ0v) is 18.6. The summed E-state index contributed by atoms with van der Waals surface area (Å²) in [4.78, 5) is 13.9. The minimum atomic E-state index is 0.785. The van der Waals surface area contributed by atoms with Crippen molar-refractivity contribution in [3.8, 4) is 5.75 Å². The lowest BCUT2D eigenvalue weighted by atomic mass is 9.97. The van der Waals surface area contributed by atoms with E-state index in [9.17, 15) is 0 Å². The van der Waals surface area contributed by atoms with Crippen LogP contribution in [0.2, 0.25) is 0 Å². The van der Waals surface area contributed by atoms with Gasteiger partial charge >= 0.3 is 0 Å². The third-order valence-corrected chi connectivity index (χ3v) is 7.14. The first-order chi connectivity index (χ1) is 15.3. The van der Waals surface area contributed by atoms with Gasteiger partial charge in [0.2, 0.25) is 0 Å². The van der Waals surface area contributed by atoms with Crippen LogP contribution in [0.1, 0.15) is 34.4 Å². The maximum absolute atomic E-state index is 5.57. The number of nitrogens with zero attached hydrogens (tertiary/aromatic N) is 4. The van der Waals surface area contributed by atoms with Gasteiger partial charge in [-0.2, -0.15) is 5.10 Å². The van der Waals surface area contributed by atoms with Crippen LogP contribution < -0.4 is 10.2 Å². The molecule has 0 amide bonds. The van der Waals surface area contributed by atoms with Crippen molar-refractivity contribution >= 4 is 33.6 Å². The van der Waals surface area contributed by atoms with Gasteiger partial charge in [-0.05, 0) is 55.0 Å². The minimum absolute atomic E-state index is 0.785. The van der Waals surface area contributed by atoms with Crippen LogP contribution in [0.5, 0.6) is 5.75 Å². The van der Waals surface area contributed by atoms with Gasteiger partial charge < -0.3 is 9.47 Å². The van der Waals surface area contributed by atoms with Crippen molar-refractivity contribution in [2.45, 2.75) is 32.2 Å². The topological polar surface area (TPSA) is 71.9 Å². The number of morpholine rings is 1. The molecule has 0 bridgehead atoms. The van der Waals surface area contributed by atoms with Gasteiger partial charge in [-0.3, -0.25) is 10.3 Å². The van der Waals surface area contributed by atoms with Gasteiger partial charge in [0, 0.05) is 30.1 Å². The molecule has 3 aromatic rings. The highest BCUT2D eigenvalue weighted by Gasteiger charge is 2.19. The first-order valence-corrected chi connectivity index (χ1v) is 11.6. The molecule has 1 fully saturated rings. The molecule has 0 atom stereocenters. The van der Waals surface area contributed by atoms with Crippen LogP contribution in [0.3, 0.4) is 0 Å². The van der Waals surface area contributed by atoms with Gasteiger partial charge in [-0.25, -0.2) is 9.97 Å². The predicted octanol–water partition coefficient (Wildman–Crippen LogP) is 3.86. The Morgan fingerprint density at radius 3 is 2.97 bits per heavy atom. The van der Waals surface area contributed by atoms with Crippen LogP contribution in [-0.4, -0.2) is 54.5 Å². The minimum Gasteiger partial charge on any atom is -0.496 e. The number of hydrogen-bond acceptors (Lipinski definition) is 8. The highest BCUT2D eigenvalue weighted by atomic mass is 32.1. The summed E-state index contributed by atoms with van der Waals surface area (Å²) in [5.74, 6) is 1.70. The number of methoxy groups -OCH3 is 1. The number of thiophene rings is 1. The Kier molecular flexibility index (Phi) is 6.11. The first kappa shape index (κ1) is 20.4. The normalized spacial score (nSPS) is 17.2. The molecular weight excluding hydrogens is 410 g/mol. The molecule has 1 aliphatic carbocycles. The van der Waals surface area contributed by atoms with Gasteiger partial charge in [-0.1, -0.05) is 0 Å². The third kappa shape index (κ3) is 4.42. The molecule has 0 saturated carbocycles. The van der Waals surface area contributed by atoms with Crippen LogP contribution in [-0.2, 0) is 24.1 Å². The number of hydrogen-bond donors (Lipinski definition) is 1. The fourth-order valence-electron chi connectivity index (χ4n) is 4.35. The summed E-state index contributed by atoms with van der Waals surface area (Å²) >= 11 is 1.80. The van der Waals surface area contributed by atoms with Crippen LogP contribution in [0, 0.1) is 0 Å². The van der Waals surface area contributed by atoms with Crippen molar-refractivity contribution in [2.24, 2.45) is 5.10 Å². The van der Waals surface area contributed by atoms with E-state index in [0.717, 1.165) is 78.6 Å². The van der Waals surface area contributed by atoms with Gasteiger partial charge in [0.1, 0.15) is 16.9 Å². The van der Waals surface area contributed by atoms with Gasteiger partial charge in [0.15, 0.2) is 5.82 Å². The zero-order valence-electron chi connectivity index (χ0n) is 17.8. The average molecular weight is 438 g/mol. The molecule has 1 aliphatic heterocycles. The van der Waals surface area contributed by atoms with Gasteiger partial charge in [0.25, 0.3) is 0 Å². The standard InChI is InChI=1S/C23H27N5O2S/c1-29-19-7-6-16(12-17(19)14-28-8-10-30-11-9-28)13-26-27-22-21-18-4-2-3-5-20(18)31-23(21)25-15-24-22/h6-7,12-13,15H,2-5,8-11,14H2,1H3,(H,24,25,27). The van der Waals surface area contributed by atoms with E-state index in [-0.39, 0.29) is 0 Å². The second-order valence-electron chi connectivity index (χ2n) is 7.94. The van der Waals surface area contributed by atoms with Gasteiger partial charge in [-0.15, -0.1) is 11.3 Å². The Morgan fingerprint density at radius 1 is 1.23 bits per heavy atom. The van der Waals surface area contributed by atoms with E-state index in [2.05, 4.69) is 31.5 Å². The molecule has 31 heavy (non-hydrogen) atoms. The van der Waals surface area contributed by atoms with Crippen LogP contribution in [0.25, 0.3) is 10.2 Å². The quantitative estimate of drug-likeness (QED) is 0.466. The second kappa shape index (κ2) is 9.30. The molecule has 1 aromatic carbocycles. The van der Waals surface area contributed by atoms with E-state index >= 15 is 0 Å². The number of ether oxygens (including phenoxy) is 2. The fraction of sp³-hybridized carbons (Fsp3) is 0.435. The third-order valence-electron chi connectivity index (χ3n) is 5.94. The van der Waals surface area contributed by atoms with E-state index in [1.165, 1.54) is 23.3 Å². The molecule has 3 heterocycles. The molecule has 7 nitrogen and oxygen atoms in total. The van der Waals surface area contributed by atoms with E-state index in [1.54, 1.807) is 24.8 Å². The molecular formula is C23H27N5O2S. The molecule has 8 heteroatoms. The van der Waals surface area contributed by atoms with Crippen LogP contribution in [0.4, 0.5) is 5.82 Å². The molecule has 0 radical (unpaired) electrons. The summed E-state index contributed by atoms with van der Waals surface area (Å²) in [6, 6.07) is 6.17. The van der Waals surface area contributed by atoms with E-state index in [1.807, 2.05) is 18.3 Å². The Balaban J connectivity index is 1.35. The Morgan fingerprint density at radius 2 is 2.10 bits per heavy atom. The van der Waals surface area contributed by atoms with Crippen molar-refractivity contribution in [2.75, 3.05) is 38.8 Å². The van der Waals surface area contributed by atoms with Crippen molar-refractivity contribution in [1.29, 1.82) is 0 Å². The molecule has 162 valence electrons. The highest BCUT2D eigenvalue weighted by molar-refractivity contribution is 7.19. The predicted molar refractivity (Wildman–Crippen MR) is 124 cm³/mol. The fourth-order valence-corrected chi connectivity index (χ4v) is 5.57. The lowest BCUT2D eigenvalue weighted by Crippen LogP contribution is -2.35. The monoisotopic (exact) mass is 437 g/mol. The van der Waals surface area contributed by atoms with E-state index in [0.29, 0.717) is 0 Å². The average Bonchev–Trinajstić information content (AvgIpc) is 3.19. The molecule has 2 aliphatic rings. The number of rotatable bonds is 6. The van der Waals surface area contributed by atoms with Gasteiger partial charge in [0.05, 0.1) is 31.9 Å². The summed E-state index contributed by atoms with van der Waals surface area (Å²) in [6.45, 7) is 4.30. The number of anilines is 1. The molecule has 0 unspecified atom stereocenters. The Hall–Kier alpha value is -2.55. The Labute approximate surface area is 186 Å². The molecule has 1 saturated heterocycles. The molecule has 2 aromatic heterocycles. The zero-order chi connectivity index (χ0) is 21.0. The highest BCUT2D eigenvalue weighted by Crippen LogP contribution is 2.38. The SMILES string of the molecule is COc1ccc(C=NNc2ncnc3sc4c(c23)CCCC4)cc1CN1CCOCC1. The maximum atomic E-state index is 5.57. The van der Waals surface area contributed by atoms with E-state index in [4.69, 9.17) is 9.47 Å². The van der Waals surface area contributed by atoms with E-state index < -0.39 is 0 Å². The van der Waals surface area contributed by atoms with Crippen LogP contribution >= 0.6 is 11.3 Å². The number of hydrazone groups is 1. The summed E-state index contributed by atoms with van der Waals surface area (Å²) in [6.07, 6.45) is 8.21. The smallest absolute Gasteiger partial charge is 0.158 e. The summed E-state index contributed by atoms with van der Waals surface area (Å²) < 4.78 is 11.0. The summed E-state index contributed by atoms with van der Waals surface area (Å²) in [5, 5.41) is 5.64. The maximum Gasteiger partial charge on any atom is 0.158 e. The lowest BCUT2D eigenvalue weighted by Gasteiger charge is -2.27. The summed E-state index contributed by atoms with van der Waals surface area (Å²) in [7, 11) is 1.72. The summed E-state index contributed by atoms with van der Waals surface area (Å²) in [5.41, 5.74) is 6.75. The largest absolute Gasteiger partial charge is 0.496 e. The number of aromatic nitrogens is 2. The van der Waals surface area contributed by atoms with Crippen molar-refractivity contribution in [3.05, 3.63) is 46.1 Å². The lowest BCUT2D eigenvalue weighted by molar-refractivity contribution is 0.0339. The number of fused-ring (bicyclic) bond motifs is 3. The van der Waals surface area contributed by atoms with Crippen molar-refractivity contribution < 1.29 is 9.47 Å². The number of benzene rings is 1. The molecule has 5 rings (SSSR count). The van der Waals surface area contributed by atoms with Crippen LogP contribution in [0.15, 0.2) is 29.6 Å². The number of aryl methyl sites for hydroxylation is 2. The van der Waals surface area contributed by atoms with Crippen molar-refractivity contribution in [3.63, 3.8) is 0 Å². The first-order valence-electron chi connectivity index (χ1n) is 10.8. The Bertz CT molecular complexity index is 1090. The molecule has 1 N–H and O–H groups in total. The van der Waals surface area contributed by atoms with Crippen molar-refractivity contribution in [1.82, 2.24) is 14.9 Å². The molecule has 0 spiro atoms. The second-order valence-corrected chi connectivity index (χ2v) is 9.03.